The van der Waals surface area contributed by atoms with Gasteiger partial charge in [-0.05, 0) is 24.5 Å². The third kappa shape index (κ3) is 4.12. The van der Waals surface area contributed by atoms with E-state index in [0.29, 0.717) is 6.54 Å². The highest BCUT2D eigenvalue weighted by atomic mass is 35.5. The number of hydrogen-bond donors (Lipinski definition) is 1. The molecule has 0 unspecified atom stereocenters. The van der Waals surface area contributed by atoms with Gasteiger partial charge in [0.1, 0.15) is 0 Å². The van der Waals surface area contributed by atoms with Gasteiger partial charge in [0.2, 0.25) is 5.91 Å². The highest BCUT2D eigenvalue weighted by Crippen LogP contribution is 2.37. The molecule has 5 nitrogen and oxygen atoms in total. The molecule has 0 aliphatic carbocycles. The molecule has 1 amide bonds. The van der Waals surface area contributed by atoms with Gasteiger partial charge in [-0.1, -0.05) is 18.2 Å². The van der Waals surface area contributed by atoms with Crippen LogP contribution in [0.25, 0.3) is 0 Å². The minimum Gasteiger partial charge on any atom is -0.481 e. The van der Waals surface area contributed by atoms with Crippen molar-refractivity contribution in [1.29, 1.82) is 0 Å². The Hall–Kier alpha value is -1.80. The van der Waals surface area contributed by atoms with Crippen molar-refractivity contribution < 1.29 is 27.9 Å². The summed E-state index contributed by atoms with van der Waals surface area (Å²) >= 11 is 0. The van der Waals surface area contributed by atoms with Gasteiger partial charge >= 0.3 is 12.1 Å². The number of rotatable bonds is 3. The van der Waals surface area contributed by atoms with Crippen molar-refractivity contribution in [1.82, 2.24) is 4.90 Å². The number of alkyl halides is 3. The Morgan fingerprint density at radius 3 is 2.50 bits per heavy atom. The highest BCUT2D eigenvalue weighted by molar-refractivity contribution is 5.96. The van der Waals surface area contributed by atoms with Crippen molar-refractivity contribution in [2.45, 2.75) is 19.0 Å². The lowest BCUT2D eigenvalue weighted by molar-refractivity contribution is -0.188. The molecule has 1 aromatic rings. The van der Waals surface area contributed by atoms with Crippen LogP contribution >= 0.6 is 12.4 Å². The summed E-state index contributed by atoms with van der Waals surface area (Å²) in [6, 6.07) is 7.47. The van der Waals surface area contributed by atoms with Crippen molar-refractivity contribution in [3.63, 3.8) is 0 Å². The highest BCUT2D eigenvalue weighted by Gasteiger charge is 2.52. The molecule has 0 spiro atoms. The number of carbonyl (C=O) groups excluding carboxylic acids is 1. The molecule has 1 saturated heterocycles. The van der Waals surface area contributed by atoms with Gasteiger partial charge in [0, 0.05) is 25.3 Å². The molecule has 1 aromatic carbocycles. The van der Waals surface area contributed by atoms with Crippen LogP contribution in [-0.2, 0) is 16.0 Å². The van der Waals surface area contributed by atoms with Gasteiger partial charge in [-0.15, -0.1) is 12.4 Å². The van der Waals surface area contributed by atoms with Crippen LogP contribution in [0, 0.1) is 11.8 Å². The molecule has 144 valence electrons. The first-order valence-corrected chi connectivity index (χ1v) is 8.17. The number of carboxylic acids is 1. The summed E-state index contributed by atoms with van der Waals surface area (Å²) in [5.74, 6) is -5.23. The Kier molecular flexibility index (Phi) is 6.18. The summed E-state index contributed by atoms with van der Waals surface area (Å²) in [6.45, 7) is -0.401. The second-order valence-electron chi connectivity index (χ2n) is 6.56. The quantitative estimate of drug-likeness (QED) is 0.859. The van der Waals surface area contributed by atoms with E-state index >= 15 is 0 Å². The maximum Gasteiger partial charge on any atom is 0.393 e. The molecule has 2 heterocycles. The second kappa shape index (κ2) is 7.84. The summed E-state index contributed by atoms with van der Waals surface area (Å²) in [7, 11) is 0. The molecule has 0 aromatic heterocycles. The number of amides is 1. The lowest BCUT2D eigenvalue weighted by Gasteiger charge is -2.31. The summed E-state index contributed by atoms with van der Waals surface area (Å²) in [6.07, 6.45) is -2.93. The maximum atomic E-state index is 13.0. The number of halogens is 4. The molecule has 2 aliphatic rings. The number of benzene rings is 1. The van der Waals surface area contributed by atoms with Crippen molar-refractivity contribution >= 4 is 30.0 Å². The van der Waals surface area contributed by atoms with E-state index in [1.165, 1.54) is 4.90 Å². The molecule has 2 atom stereocenters. The van der Waals surface area contributed by atoms with Crippen molar-refractivity contribution in [3.8, 4) is 0 Å². The Balaban J connectivity index is 0.00000243. The standard InChI is InChI=1S/C17H19F3N2O3.ClH/c18-17(19,20)13-9-21(8-12(13)16(24)25)10-15(23)22-7-3-5-11-4-1-2-6-14(11)22;/h1-2,4,6,12-13H,3,5,7-10H2,(H,24,25);1H/t12-,13-;/m1./s1. The van der Waals surface area contributed by atoms with Crippen LogP contribution in [0.4, 0.5) is 18.9 Å². The van der Waals surface area contributed by atoms with Gasteiger partial charge in [0.25, 0.3) is 0 Å². The number of aliphatic carboxylic acids is 1. The molecule has 1 N–H and O–H groups in total. The van der Waals surface area contributed by atoms with Gasteiger partial charge in [-0.3, -0.25) is 14.5 Å². The topological polar surface area (TPSA) is 60.9 Å². The Morgan fingerprint density at radius 1 is 1.19 bits per heavy atom. The molecular formula is C17H20ClF3N2O3. The number of fused-ring (bicyclic) bond motifs is 1. The summed E-state index contributed by atoms with van der Waals surface area (Å²) in [4.78, 5) is 26.6. The predicted octanol–water partition coefficient (Wildman–Crippen LogP) is 2.58. The Labute approximate surface area is 155 Å². The molecule has 0 saturated carbocycles. The van der Waals surface area contributed by atoms with E-state index in [4.69, 9.17) is 5.11 Å². The van der Waals surface area contributed by atoms with E-state index in [1.54, 1.807) is 4.90 Å². The van der Waals surface area contributed by atoms with Crippen molar-refractivity contribution in [3.05, 3.63) is 29.8 Å². The lowest BCUT2D eigenvalue weighted by atomic mass is 9.96. The van der Waals surface area contributed by atoms with Gasteiger partial charge in [0.05, 0.1) is 18.4 Å². The lowest BCUT2D eigenvalue weighted by Crippen LogP contribution is -2.42. The van der Waals surface area contributed by atoms with E-state index in [0.717, 1.165) is 24.1 Å². The number of likely N-dealkylation sites (tertiary alicyclic amines) is 1. The third-order valence-corrected chi connectivity index (χ3v) is 4.90. The molecule has 0 bridgehead atoms. The number of hydrogen-bond acceptors (Lipinski definition) is 3. The van der Waals surface area contributed by atoms with Crippen LogP contribution in [0.5, 0.6) is 0 Å². The zero-order valence-corrected chi connectivity index (χ0v) is 14.7. The molecule has 9 heteroatoms. The normalized spacial score (nSPS) is 23.3. The van der Waals surface area contributed by atoms with Crippen LogP contribution in [0.1, 0.15) is 12.0 Å². The summed E-state index contributed by atoms with van der Waals surface area (Å²) in [5, 5.41) is 9.06. The van der Waals surface area contributed by atoms with E-state index in [1.807, 2.05) is 24.3 Å². The first-order valence-electron chi connectivity index (χ1n) is 8.17. The van der Waals surface area contributed by atoms with E-state index in [-0.39, 0.29) is 31.4 Å². The Morgan fingerprint density at radius 2 is 1.88 bits per heavy atom. The van der Waals surface area contributed by atoms with E-state index < -0.39 is 30.5 Å². The zero-order valence-electron chi connectivity index (χ0n) is 13.9. The van der Waals surface area contributed by atoms with Crippen molar-refractivity contribution in [2.24, 2.45) is 11.8 Å². The summed E-state index contributed by atoms with van der Waals surface area (Å²) in [5.41, 5.74) is 1.83. The van der Waals surface area contributed by atoms with Crippen molar-refractivity contribution in [2.75, 3.05) is 31.1 Å². The number of aryl methyl sites for hydroxylation is 1. The third-order valence-electron chi connectivity index (χ3n) is 4.90. The van der Waals surface area contributed by atoms with Gasteiger partial charge in [-0.2, -0.15) is 13.2 Å². The first-order chi connectivity index (χ1) is 11.8. The van der Waals surface area contributed by atoms with Gasteiger partial charge in [0.15, 0.2) is 0 Å². The first kappa shape index (κ1) is 20.5. The largest absolute Gasteiger partial charge is 0.481 e. The SMILES string of the molecule is Cl.O=C(O)[C@@H]1CN(CC(=O)N2CCCc3ccccc32)C[C@H]1C(F)(F)F. The van der Waals surface area contributed by atoms with E-state index in [9.17, 15) is 22.8 Å². The fraction of sp³-hybridized carbons (Fsp3) is 0.529. The average molecular weight is 393 g/mol. The van der Waals surface area contributed by atoms with Crippen LogP contribution in [0.15, 0.2) is 24.3 Å². The second-order valence-corrected chi connectivity index (χ2v) is 6.56. The molecule has 1 fully saturated rings. The molecule has 3 rings (SSSR count). The van der Waals surface area contributed by atoms with E-state index in [2.05, 4.69) is 0 Å². The number of para-hydroxylation sites is 1. The minimum absolute atomic E-state index is 0. The predicted molar refractivity (Wildman–Crippen MR) is 91.5 cm³/mol. The van der Waals surface area contributed by atoms with Crippen LogP contribution in [-0.4, -0.2) is 54.2 Å². The molecule has 2 aliphatic heterocycles. The minimum atomic E-state index is -4.58. The number of carboxylic acid groups (broad SMARTS) is 1. The number of carbonyl (C=O) groups is 2. The van der Waals surface area contributed by atoms with Crippen LogP contribution in [0.2, 0.25) is 0 Å². The number of nitrogens with zero attached hydrogens (tertiary/aromatic N) is 2. The zero-order chi connectivity index (χ0) is 18.2. The fourth-order valence-corrected chi connectivity index (χ4v) is 3.67. The maximum absolute atomic E-state index is 13.0. The fourth-order valence-electron chi connectivity index (χ4n) is 3.67. The molecule has 26 heavy (non-hydrogen) atoms. The Bertz CT molecular complexity index is 683. The smallest absolute Gasteiger partial charge is 0.393 e. The van der Waals surface area contributed by atoms with Crippen LogP contribution < -0.4 is 4.90 Å². The number of anilines is 1. The summed E-state index contributed by atoms with van der Waals surface area (Å²) < 4.78 is 39.1. The molecular weight excluding hydrogens is 373 g/mol. The monoisotopic (exact) mass is 392 g/mol. The molecule has 0 radical (unpaired) electrons. The van der Waals surface area contributed by atoms with Crippen LogP contribution in [0.3, 0.4) is 0 Å². The van der Waals surface area contributed by atoms with Gasteiger partial charge in [-0.25, -0.2) is 0 Å². The average Bonchev–Trinajstić information content (AvgIpc) is 2.98. The van der Waals surface area contributed by atoms with Gasteiger partial charge < -0.3 is 10.0 Å².